The fourth-order valence-electron chi connectivity index (χ4n) is 10.7. The largest absolute Gasteiger partial charge is 0.481 e. The van der Waals surface area contributed by atoms with Crippen LogP contribution in [0.2, 0.25) is 0 Å². The minimum absolute atomic E-state index is 0.0204. The minimum atomic E-state index is -0.588. The molecule has 0 spiro atoms. The SMILES string of the molecule is CC1(C)CC[C@]2(C(=O)O)CC[C@@]3(C)C(=CC[C@@H]4[C@@]5(C)CC[C@@H](O)[C@@](C)(CO)[C@H]5CC[C@]43C)[C@H]2C1. The molecule has 5 rings (SSSR count). The third-order valence-corrected chi connectivity index (χ3v) is 13.2. The van der Waals surface area contributed by atoms with Crippen molar-refractivity contribution < 1.29 is 20.1 Å². The third-order valence-electron chi connectivity index (χ3n) is 13.2. The zero-order valence-electron chi connectivity index (χ0n) is 22.4. The average Bonchev–Trinajstić information content (AvgIpc) is 2.76. The van der Waals surface area contributed by atoms with Gasteiger partial charge in [0.05, 0.1) is 18.1 Å². The molecule has 5 aliphatic carbocycles. The lowest BCUT2D eigenvalue weighted by atomic mass is 9.33. The Balaban J connectivity index is 1.60. The number of carboxylic acids is 1. The summed E-state index contributed by atoms with van der Waals surface area (Å²) in [6.45, 7) is 14.3. The molecular weight excluding hydrogens is 424 g/mol. The van der Waals surface area contributed by atoms with Crippen molar-refractivity contribution in [2.45, 2.75) is 112 Å². The van der Waals surface area contributed by atoms with E-state index in [4.69, 9.17) is 0 Å². The summed E-state index contributed by atoms with van der Waals surface area (Å²) in [5.74, 6) is 0.395. The Morgan fingerprint density at radius 1 is 0.941 bits per heavy atom. The van der Waals surface area contributed by atoms with Gasteiger partial charge in [-0.05, 0) is 104 Å². The third kappa shape index (κ3) is 2.88. The standard InChI is InChI=1S/C30H48O4/c1-25(2)13-15-30(24(33)34)16-14-28(5)19(20(30)17-25)7-8-22-26(3)11-10-23(32)27(4,18-31)21(26)9-12-29(22,28)6/h7,20-23,31-32H,8-18H2,1-6H3,(H,33,34)/t20-,21+,22-,23-,26+,27+,28+,29-,30+/m1/s1. The van der Waals surface area contributed by atoms with Crippen LogP contribution in [0.3, 0.4) is 0 Å². The number of carbonyl (C=O) groups is 1. The lowest BCUT2D eigenvalue weighted by Crippen LogP contribution is -2.65. The highest BCUT2D eigenvalue weighted by Gasteiger charge is 2.69. The van der Waals surface area contributed by atoms with Crippen molar-refractivity contribution in [3.05, 3.63) is 11.6 Å². The van der Waals surface area contributed by atoms with E-state index in [1.807, 2.05) is 0 Å². The number of hydrogen-bond donors (Lipinski definition) is 3. The van der Waals surface area contributed by atoms with E-state index in [0.717, 1.165) is 64.2 Å². The molecule has 0 aliphatic heterocycles. The maximum atomic E-state index is 12.8. The number of allylic oxidation sites excluding steroid dienone is 2. The van der Waals surface area contributed by atoms with Crippen LogP contribution in [0.5, 0.6) is 0 Å². The van der Waals surface area contributed by atoms with E-state index in [1.54, 1.807) is 0 Å². The van der Waals surface area contributed by atoms with E-state index in [0.29, 0.717) is 11.8 Å². The maximum absolute atomic E-state index is 12.8. The van der Waals surface area contributed by atoms with E-state index >= 15 is 0 Å². The summed E-state index contributed by atoms with van der Waals surface area (Å²) >= 11 is 0. The number of hydrogen-bond acceptors (Lipinski definition) is 3. The van der Waals surface area contributed by atoms with E-state index in [-0.39, 0.29) is 34.2 Å². The molecule has 192 valence electrons. The van der Waals surface area contributed by atoms with E-state index in [1.165, 1.54) is 5.57 Å². The predicted octanol–water partition coefficient (Wildman–Crippen LogP) is 6.21. The molecule has 0 aromatic rings. The molecule has 0 unspecified atom stereocenters. The molecule has 0 aromatic heterocycles. The Morgan fingerprint density at radius 2 is 1.62 bits per heavy atom. The second kappa shape index (κ2) is 7.34. The normalized spacial score (nSPS) is 54.1. The van der Waals surface area contributed by atoms with Gasteiger partial charge in [0.1, 0.15) is 0 Å². The van der Waals surface area contributed by atoms with Crippen LogP contribution in [0.25, 0.3) is 0 Å². The predicted molar refractivity (Wildman–Crippen MR) is 134 cm³/mol. The number of carboxylic acid groups (broad SMARTS) is 1. The maximum Gasteiger partial charge on any atom is 0.310 e. The first-order valence-electron chi connectivity index (χ1n) is 13.9. The number of aliphatic carboxylic acids is 1. The second-order valence-electron chi connectivity index (χ2n) is 14.9. The summed E-state index contributed by atoms with van der Waals surface area (Å²) in [7, 11) is 0. The van der Waals surface area contributed by atoms with Crippen LogP contribution in [0, 0.1) is 50.2 Å². The number of aliphatic hydroxyl groups is 2. The Kier molecular flexibility index (Phi) is 5.36. The minimum Gasteiger partial charge on any atom is -0.481 e. The molecule has 4 saturated carbocycles. The second-order valence-corrected chi connectivity index (χ2v) is 14.9. The molecule has 0 radical (unpaired) electrons. The smallest absolute Gasteiger partial charge is 0.310 e. The molecule has 0 aromatic carbocycles. The summed E-state index contributed by atoms with van der Waals surface area (Å²) in [6, 6.07) is 0. The Hall–Kier alpha value is -0.870. The van der Waals surface area contributed by atoms with E-state index in [2.05, 4.69) is 47.6 Å². The lowest BCUT2D eigenvalue weighted by molar-refractivity contribution is -0.216. The Labute approximate surface area is 206 Å². The van der Waals surface area contributed by atoms with Gasteiger partial charge >= 0.3 is 5.97 Å². The van der Waals surface area contributed by atoms with Crippen molar-refractivity contribution in [2.24, 2.45) is 50.2 Å². The summed E-state index contributed by atoms with van der Waals surface area (Å²) in [4.78, 5) is 12.8. The van der Waals surface area contributed by atoms with Crippen LogP contribution in [0.4, 0.5) is 0 Å². The molecule has 0 heterocycles. The fourth-order valence-corrected chi connectivity index (χ4v) is 10.7. The molecule has 4 nitrogen and oxygen atoms in total. The molecule has 0 bridgehead atoms. The van der Waals surface area contributed by atoms with Crippen LogP contribution < -0.4 is 0 Å². The lowest BCUT2D eigenvalue weighted by Gasteiger charge is -2.71. The van der Waals surface area contributed by atoms with Gasteiger partial charge in [-0.15, -0.1) is 0 Å². The van der Waals surface area contributed by atoms with Crippen molar-refractivity contribution in [2.75, 3.05) is 6.61 Å². The summed E-state index contributed by atoms with van der Waals surface area (Å²) in [6.07, 6.45) is 11.6. The van der Waals surface area contributed by atoms with Crippen LogP contribution in [-0.4, -0.2) is 34.0 Å². The van der Waals surface area contributed by atoms with Gasteiger partial charge in [0, 0.05) is 5.41 Å². The van der Waals surface area contributed by atoms with Gasteiger partial charge in [-0.1, -0.05) is 53.2 Å². The quantitative estimate of drug-likeness (QED) is 0.418. The van der Waals surface area contributed by atoms with Crippen molar-refractivity contribution >= 4 is 5.97 Å². The molecule has 3 N–H and O–H groups in total. The average molecular weight is 473 g/mol. The molecular formula is C30H48O4. The van der Waals surface area contributed by atoms with Crippen molar-refractivity contribution in [1.29, 1.82) is 0 Å². The van der Waals surface area contributed by atoms with Gasteiger partial charge in [-0.25, -0.2) is 0 Å². The zero-order chi connectivity index (χ0) is 24.9. The van der Waals surface area contributed by atoms with Crippen LogP contribution in [0.15, 0.2) is 11.6 Å². The first-order valence-corrected chi connectivity index (χ1v) is 13.9. The van der Waals surface area contributed by atoms with Gasteiger partial charge < -0.3 is 15.3 Å². The van der Waals surface area contributed by atoms with Gasteiger partial charge in [0.25, 0.3) is 0 Å². The first kappa shape index (κ1) is 24.8. The highest BCUT2D eigenvalue weighted by atomic mass is 16.4. The van der Waals surface area contributed by atoms with Gasteiger partial charge in [-0.2, -0.15) is 0 Å². The van der Waals surface area contributed by atoms with Gasteiger partial charge in [0.2, 0.25) is 0 Å². The number of rotatable bonds is 2. The molecule has 0 amide bonds. The number of aliphatic hydroxyl groups excluding tert-OH is 2. The highest BCUT2D eigenvalue weighted by molar-refractivity contribution is 5.76. The van der Waals surface area contributed by atoms with E-state index < -0.39 is 22.9 Å². The summed E-state index contributed by atoms with van der Waals surface area (Å²) in [5, 5.41) is 31.8. The molecule has 34 heavy (non-hydrogen) atoms. The highest BCUT2D eigenvalue weighted by Crippen LogP contribution is 2.75. The molecule has 4 fully saturated rings. The summed E-state index contributed by atoms with van der Waals surface area (Å²) in [5.41, 5.74) is 0.858. The number of fused-ring (bicyclic) bond motifs is 7. The zero-order valence-corrected chi connectivity index (χ0v) is 22.4. The van der Waals surface area contributed by atoms with Crippen molar-refractivity contribution in [3.63, 3.8) is 0 Å². The molecule has 4 heteroatoms. The van der Waals surface area contributed by atoms with Crippen molar-refractivity contribution in [3.8, 4) is 0 Å². The molecule has 9 atom stereocenters. The topological polar surface area (TPSA) is 77.8 Å². The van der Waals surface area contributed by atoms with Crippen LogP contribution >= 0.6 is 0 Å². The van der Waals surface area contributed by atoms with Crippen LogP contribution in [0.1, 0.15) is 106 Å². The van der Waals surface area contributed by atoms with Crippen molar-refractivity contribution in [1.82, 2.24) is 0 Å². The van der Waals surface area contributed by atoms with Crippen LogP contribution in [-0.2, 0) is 4.79 Å². The monoisotopic (exact) mass is 472 g/mol. The molecule has 5 aliphatic rings. The van der Waals surface area contributed by atoms with E-state index in [9.17, 15) is 20.1 Å². The Bertz CT molecular complexity index is 907. The first-order chi connectivity index (χ1) is 15.7. The van der Waals surface area contributed by atoms with Gasteiger partial charge in [0.15, 0.2) is 0 Å². The fraction of sp³-hybridized carbons (Fsp3) is 0.900. The summed E-state index contributed by atoms with van der Waals surface area (Å²) < 4.78 is 0. The Morgan fingerprint density at radius 3 is 2.26 bits per heavy atom. The molecule has 0 saturated heterocycles. The van der Waals surface area contributed by atoms with Gasteiger partial charge in [-0.3, -0.25) is 4.79 Å².